The zero-order valence-corrected chi connectivity index (χ0v) is 30.5. The van der Waals surface area contributed by atoms with Crippen molar-refractivity contribution in [3.63, 3.8) is 0 Å². The van der Waals surface area contributed by atoms with Crippen LogP contribution in [0.3, 0.4) is 0 Å². The van der Waals surface area contributed by atoms with Crippen molar-refractivity contribution in [3.8, 4) is 5.75 Å². The first-order chi connectivity index (χ1) is 24.2. The van der Waals surface area contributed by atoms with Crippen LogP contribution in [0.25, 0.3) is 27.4 Å². The summed E-state index contributed by atoms with van der Waals surface area (Å²) in [5.74, 6) is -0.363. The molecule has 0 bridgehead atoms. The molecular formula is C36H22Br2N6O4S2. The highest BCUT2D eigenvalue weighted by molar-refractivity contribution is 9.12. The number of phenolic OH excluding ortho intramolecular Hbond substituents is 1. The molecule has 246 valence electrons. The molecule has 0 saturated carbocycles. The van der Waals surface area contributed by atoms with E-state index in [0.717, 1.165) is 54.9 Å². The Kier molecular flexibility index (Phi) is 6.51. The Hall–Kier alpha value is -4.24. The number of aromatic hydroxyl groups is 1. The van der Waals surface area contributed by atoms with Crippen LogP contribution in [-0.4, -0.2) is 45.9 Å². The summed E-state index contributed by atoms with van der Waals surface area (Å²) >= 11 is 7.04. The number of allylic oxidation sites excluding steroid dienone is 9. The lowest BCUT2D eigenvalue weighted by Gasteiger charge is -2.41. The molecule has 2 spiro atoms. The van der Waals surface area contributed by atoms with Crippen LogP contribution < -0.4 is 26.6 Å². The summed E-state index contributed by atoms with van der Waals surface area (Å²) in [7, 11) is 2.78. The number of ketones is 2. The van der Waals surface area contributed by atoms with Gasteiger partial charge in [0, 0.05) is 68.6 Å². The number of carbonyl (C=O) groups is 2. The first-order valence-electron chi connectivity index (χ1n) is 15.8. The van der Waals surface area contributed by atoms with Crippen molar-refractivity contribution in [1.82, 2.24) is 9.97 Å². The maximum atomic E-state index is 13.9. The van der Waals surface area contributed by atoms with E-state index >= 15 is 0 Å². The zero-order chi connectivity index (χ0) is 34.1. The van der Waals surface area contributed by atoms with E-state index in [1.165, 1.54) is 21.6 Å². The normalized spacial score (nSPS) is 24.4. The highest BCUT2D eigenvalue weighted by Crippen LogP contribution is 2.59. The van der Waals surface area contributed by atoms with Gasteiger partial charge in [-0.25, -0.2) is 0 Å². The number of rotatable bonds is 3. The van der Waals surface area contributed by atoms with E-state index in [-0.39, 0.29) is 22.7 Å². The quantitative estimate of drug-likeness (QED) is 0.146. The molecular weight excluding hydrogens is 804 g/mol. The maximum Gasteiger partial charge on any atom is 0.228 e. The summed E-state index contributed by atoms with van der Waals surface area (Å²) in [4.78, 5) is 59.5. The van der Waals surface area contributed by atoms with Gasteiger partial charge in [0.05, 0.1) is 42.0 Å². The summed E-state index contributed by atoms with van der Waals surface area (Å²) in [5.41, 5.74) is 3.10. The lowest BCUT2D eigenvalue weighted by Crippen LogP contribution is -2.43. The molecule has 4 N–H and O–H groups in total. The monoisotopic (exact) mass is 824 g/mol. The van der Waals surface area contributed by atoms with Gasteiger partial charge in [-0.15, -0.1) is 0 Å². The minimum absolute atomic E-state index is 0.0294. The average Bonchev–Trinajstić information content (AvgIpc) is 3.76. The SMILES string of the molecule is O=C1C=C(SSC2=CC(=O)C(Br)=CC23CCNc2c3c3[nH]ccc4cnc(c2=O)c43)C2(C=CNc3c(O)c4c5c(c32)=NCCC=5C=N4)C=C1Br. The molecule has 2 aromatic heterocycles. The molecule has 0 fully saturated rings. The molecule has 6 aliphatic rings. The largest absolute Gasteiger partial charge is 0.504 e. The molecule has 10 nitrogen and oxygen atoms in total. The number of anilines is 2. The molecule has 10 rings (SSSR count). The summed E-state index contributed by atoms with van der Waals surface area (Å²) in [6, 6.07) is 1.90. The van der Waals surface area contributed by atoms with Gasteiger partial charge in [0.2, 0.25) is 5.43 Å². The highest BCUT2D eigenvalue weighted by atomic mass is 79.9. The third-order valence-electron chi connectivity index (χ3n) is 10.3. The number of aliphatic imine (C=N–C) groups is 1. The van der Waals surface area contributed by atoms with Gasteiger partial charge in [0.15, 0.2) is 17.3 Å². The standard InChI is InChI=1S/C36H22Br2N6O4S2/c37-17-11-35(3-7-41-31-25(35)27-23-15(1-5-39-27)13-43-29(23)33(31)47)21(9-19(17)45)49-50-22-10-20(46)18(38)12-36(22)4-8-42-32-26(36)28-24-16(2-6-40-28)14-44-30(24)34(32)48/h1,4-5,8-14,39,41-42,48H,2-3,6-7H2. The number of benzene rings is 2. The van der Waals surface area contributed by atoms with Crippen LogP contribution in [0.2, 0.25) is 0 Å². The third-order valence-corrected chi connectivity index (χ3v) is 14.3. The van der Waals surface area contributed by atoms with E-state index in [9.17, 15) is 19.5 Å². The number of aromatic nitrogens is 2. The van der Waals surface area contributed by atoms with Crippen molar-refractivity contribution >= 4 is 116 Å². The average molecular weight is 827 g/mol. The van der Waals surface area contributed by atoms with Crippen LogP contribution >= 0.6 is 53.4 Å². The van der Waals surface area contributed by atoms with Crippen LogP contribution in [0, 0.1) is 0 Å². The number of fused-ring (bicyclic) bond motifs is 6. The van der Waals surface area contributed by atoms with Gasteiger partial charge in [-0.3, -0.25) is 29.4 Å². The molecule has 4 aliphatic heterocycles. The number of hydrogen-bond acceptors (Lipinski definition) is 11. The molecule has 2 aromatic carbocycles. The van der Waals surface area contributed by atoms with Crippen molar-refractivity contribution < 1.29 is 14.7 Å². The molecule has 14 heteroatoms. The number of halogens is 2. The van der Waals surface area contributed by atoms with E-state index in [4.69, 9.17) is 4.99 Å². The number of hydrogen-bond donors (Lipinski definition) is 4. The number of phenols is 1. The van der Waals surface area contributed by atoms with Gasteiger partial charge in [0.1, 0.15) is 11.2 Å². The number of aromatic amines is 1. The van der Waals surface area contributed by atoms with Gasteiger partial charge >= 0.3 is 0 Å². The van der Waals surface area contributed by atoms with Gasteiger partial charge < -0.3 is 20.7 Å². The summed E-state index contributed by atoms with van der Waals surface area (Å²) in [6.45, 7) is 1.06. The topological polar surface area (TPSA) is 149 Å². The predicted molar refractivity (Wildman–Crippen MR) is 206 cm³/mol. The van der Waals surface area contributed by atoms with Crippen molar-refractivity contribution in [3.05, 3.63) is 106 Å². The lowest BCUT2D eigenvalue weighted by molar-refractivity contribution is -0.111. The van der Waals surface area contributed by atoms with Crippen molar-refractivity contribution in [2.45, 2.75) is 23.7 Å². The molecule has 4 aromatic rings. The number of pyridine rings is 1. The number of nitrogens with one attached hydrogen (secondary N) is 3. The number of nitrogens with zero attached hydrogens (tertiary/aromatic N) is 3. The van der Waals surface area contributed by atoms with E-state index in [2.05, 4.69) is 57.5 Å². The van der Waals surface area contributed by atoms with E-state index < -0.39 is 10.8 Å². The molecule has 0 amide bonds. The first kappa shape index (κ1) is 30.6. The van der Waals surface area contributed by atoms with Gasteiger partial charge in [-0.2, -0.15) is 0 Å². The van der Waals surface area contributed by atoms with Crippen LogP contribution in [-0.2, 0) is 20.4 Å². The number of H-pyrrole nitrogens is 1. The smallest absolute Gasteiger partial charge is 0.228 e. The van der Waals surface area contributed by atoms with Crippen molar-refractivity contribution in [1.29, 1.82) is 0 Å². The minimum Gasteiger partial charge on any atom is -0.504 e. The Morgan fingerprint density at radius 1 is 0.980 bits per heavy atom. The summed E-state index contributed by atoms with van der Waals surface area (Å²) < 4.78 is 0.802. The minimum atomic E-state index is -0.987. The molecule has 0 saturated heterocycles. The van der Waals surface area contributed by atoms with Gasteiger partial charge in [-0.05, 0) is 86.8 Å². The van der Waals surface area contributed by atoms with Crippen LogP contribution in [0.1, 0.15) is 24.0 Å². The summed E-state index contributed by atoms with van der Waals surface area (Å²) in [6.07, 6.45) is 17.4. The fourth-order valence-corrected chi connectivity index (χ4v) is 12.1. The Labute approximate surface area is 307 Å². The van der Waals surface area contributed by atoms with Gasteiger partial charge in [0.25, 0.3) is 0 Å². The van der Waals surface area contributed by atoms with E-state index in [1.54, 1.807) is 30.8 Å². The van der Waals surface area contributed by atoms with Crippen LogP contribution in [0.15, 0.2) is 88.6 Å². The lowest BCUT2D eigenvalue weighted by atomic mass is 9.71. The fraction of sp³-hybridized carbons (Fsp3) is 0.167. The second kappa shape index (κ2) is 10.6. The fourth-order valence-electron chi connectivity index (χ4n) is 8.12. The predicted octanol–water partition coefficient (Wildman–Crippen LogP) is 5.91. The Balaban J connectivity index is 1.15. The summed E-state index contributed by atoms with van der Waals surface area (Å²) in [5, 5.41) is 21.3. The molecule has 50 heavy (non-hydrogen) atoms. The second-order valence-corrected chi connectivity index (χ2v) is 16.8. The Morgan fingerprint density at radius 3 is 2.64 bits per heavy atom. The number of carbonyl (C=O) groups excluding carboxylic acids is 2. The maximum absolute atomic E-state index is 13.9. The third kappa shape index (κ3) is 3.93. The van der Waals surface area contributed by atoms with E-state index in [1.807, 2.05) is 30.5 Å². The van der Waals surface area contributed by atoms with Crippen LogP contribution in [0.4, 0.5) is 17.1 Å². The first-order valence-corrected chi connectivity index (χ1v) is 19.5. The molecule has 2 aliphatic carbocycles. The van der Waals surface area contributed by atoms with Crippen molar-refractivity contribution in [2.75, 3.05) is 23.7 Å². The van der Waals surface area contributed by atoms with E-state index in [0.29, 0.717) is 56.0 Å². The molecule has 2 atom stereocenters. The zero-order valence-electron chi connectivity index (χ0n) is 25.7. The van der Waals surface area contributed by atoms with Crippen LogP contribution in [0.5, 0.6) is 5.75 Å². The molecule has 0 radical (unpaired) electrons. The second-order valence-electron chi connectivity index (χ2n) is 12.8. The van der Waals surface area contributed by atoms with Crippen molar-refractivity contribution in [2.24, 2.45) is 9.98 Å². The Morgan fingerprint density at radius 2 is 1.78 bits per heavy atom. The van der Waals surface area contributed by atoms with Gasteiger partial charge in [-0.1, -0.05) is 27.7 Å². The molecule has 2 unspecified atom stereocenters. The molecule has 6 heterocycles. The highest BCUT2D eigenvalue weighted by Gasteiger charge is 2.48. The Bertz CT molecular complexity index is 2730.